The molecule has 3 rings (SSSR count). The molecule has 3 aromatic rings. The molecule has 0 unspecified atom stereocenters. The van der Waals surface area contributed by atoms with E-state index in [1.807, 2.05) is 25.3 Å². The number of aryl methyl sites for hydroxylation is 1. The Hall–Kier alpha value is -3.22. The van der Waals surface area contributed by atoms with Crippen LogP contribution in [0.15, 0.2) is 52.8 Å². The van der Waals surface area contributed by atoms with Crippen molar-refractivity contribution in [3.05, 3.63) is 53.9 Å². The van der Waals surface area contributed by atoms with Crippen LogP contribution in [0, 0.1) is 6.92 Å². The second-order valence-corrected chi connectivity index (χ2v) is 5.28. The van der Waals surface area contributed by atoms with Gasteiger partial charge in [-0.3, -0.25) is 9.20 Å². The summed E-state index contributed by atoms with van der Waals surface area (Å²) < 4.78 is 6.49. The highest BCUT2D eigenvalue weighted by atomic mass is 16.5. The van der Waals surface area contributed by atoms with Crippen molar-refractivity contribution in [2.24, 2.45) is 10.2 Å². The molecule has 0 atom stereocenters. The highest BCUT2D eigenvalue weighted by Gasteiger charge is 2.16. The van der Waals surface area contributed by atoms with Gasteiger partial charge in [0.1, 0.15) is 11.4 Å². The van der Waals surface area contributed by atoms with Gasteiger partial charge in [-0.15, -0.1) is 10.2 Å². The number of aromatic nitrogens is 2. The van der Waals surface area contributed by atoms with Crippen LogP contribution in [0.2, 0.25) is 0 Å². The van der Waals surface area contributed by atoms with Crippen molar-refractivity contribution in [3.63, 3.8) is 0 Å². The van der Waals surface area contributed by atoms with E-state index >= 15 is 0 Å². The lowest BCUT2D eigenvalue weighted by Gasteiger charge is -1.99. The summed E-state index contributed by atoms with van der Waals surface area (Å²) in [6.07, 6.45) is 1.85. The summed E-state index contributed by atoms with van der Waals surface area (Å²) in [6.45, 7) is 1.96. The first kappa shape index (κ1) is 15.7. The zero-order valence-electron chi connectivity index (χ0n) is 13.3. The van der Waals surface area contributed by atoms with Gasteiger partial charge in [-0.1, -0.05) is 0 Å². The fraction of sp³-hybridized carbons (Fsp3) is 0.176. The summed E-state index contributed by atoms with van der Waals surface area (Å²) in [5, 5.41) is 17.7. The number of phenolic OH excluding ortho intramolecular Hbond substituents is 1. The Bertz CT molecular complexity index is 913. The summed E-state index contributed by atoms with van der Waals surface area (Å²) >= 11 is 0. The van der Waals surface area contributed by atoms with Crippen LogP contribution in [0.25, 0.3) is 5.65 Å². The van der Waals surface area contributed by atoms with Gasteiger partial charge < -0.3 is 9.84 Å². The van der Waals surface area contributed by atoms with Gasteiger partial charge in [-0.25, -0.2) is 4.98 Å². The fourth-order valence-corrected chi connectivity index (χ4v) is 2.24. The van der Waals surface area contributed by atoms with Gasteiger partial charge in [0.25, 0.3) is 0 Å². The highest BCUT2D eigenvalue weighted by molar-refractivity contribution is 5.74. The van der Waals surface area contributed by atoms with Gasteiger partial charge in [-0.2, -0.15) is 0 Å². The number of hydrogen-bond acceptors (Lipinski definition) is 6. The van der Waals surface area contributed by atoms with Crippen molar-refractivity contribution in [2.75, 3.05) is 7.11 Å². The number of azo groups is 1. The Labute approximate surface area is 138 Å². The Balaban J connectivity index is 2.04. The topological polar surface area (TPSA) is 88.5 Å². The molecule has 7 nitrogen and oxygen atoms in total. The monoisotopic (exact) mass is 324 g/mol. The number of pyridine rings is 1. The number of ether oxygens (including phenoxy) is 1. The lowest BCUT2D eigenvalue weighted by atomic mass is 10.3. The molecule has 7 heteroatoms. The van der Waals surface area contributed by atoms with Gasteiger partial charge in [0, 0.05) is 6.20 Å². The maximum Gasteiger partial charge on any atom is 0.311 e. The summed E-state index contributed by atoms with van der Waals surface area (Å²) in [5.74, 6) is 0.241. The summed E-state index contributed by atoms with van der Waals surface area (Å²) in [6, 6.07) is 10.2. The van der Waals surface area contributed by atoms with Gasteiger partial charge in [0.05, 0.1) is 24.9 Å². The third-order valence-corrected chi connectivity index (χ3v) is 3.48. The van der Waals surface area contributed by atoms with Crippen LogP contribution in [0.4, 0.5) is 11.5 Å². The molecule has 0 radical (unpaired) electrons. The fourth-order valence-electron chi connectivity index (χ4n) is 2.24. The number of benzene rings is 1. The number of phenols is 1. The zero-order valence-corrected chi connectivity index (χ0v) is 13.3. The third-order valence-electron chi connectivity index (χ3n) is 3.48. The highest BCUT2D eigenvalue weighted by Crippen LogP contribution is 2.26. The SMILES string of the molecule is COC(=O)Cc1nc2cc(C)ccn2c1N=Nc1ccc(O)cc1. The number of methoxy groups -OCH3 is 1. The van der Waals surface area contributed by atoms with Crippen molar-refractivity contribution in [1.82, 2.24) is 9.38 Å². The van der Waals surface area contributed by atoms with Crippen LogP contribution in [0.5, 0.6) is 5.75 Å². The van der Waals surface area contributed by atoms with E-state index in [1.54, 1.807) is 16.5 Å². The molecule has 1 aromatic carbocycles. The van der Waals surface area contributed by atoms with Gasteiger partial charge in [0.2, 0.25) is 0 Å². The molecule has 2 heterocycles. The van der Waals surface area contributed by atoms with E-state index in [9.17, 15) is 9.90 Å². The minimum Gasteiger partial charge on any atom is -0.508 e. The standard InChI is InChI=1S/C17H16N4O3/c1-11-7-8-21-15(9-11)18-14(10-16(23)24-2)17(21)20-19-12-3-5-13(22)6-4-12/h3-9,22H,10H2,1-2H3. The Morgan fingerprint density at radius 1 is 1.25 bits per heavy atom. The number of carbonyl (C=O) groups is 1. The van der Waals surface area contributed by atoms with Gasteiger partial charge >= 0.3 is 5.97 Å². The molecule has 0 aliphatic heterocycles. The second-order valence-electron chi connectivity index (χ2n) is 5.28. The van der Waals surface area contributed by atoms with Gasteiger partial charge in [0.15, 0.2) is 5.82 Å². The Kier molecular flexibility index (Phi) is 4.24. The number of nitrogens with zero attached hydrogens (tertiary/aromatic N) is 4. The molecule has 0 aliphatic carbocycles. The lowest BCUT2D eigenvalue weighted by molar-refractivity contribution is -0.139. The van der Waals surface area contributed by atoms with E-state index < -0.39 is 5.97 Å². The third kappa shape index (κ3) is 3.24. The van der Waals surface area contributed by atoms with Crippen molar-refractivity contribution in [1.29, 1.82) is 0 Å². The molecule has 0 spiro atoms. The van der Waals surface area contributed by atoms with Gasteiger partial charge in [-0.05, 0) is 48.9 Å². The molecule has 0 aliphatic rings. The predicted molar refractivity (Wildman–Crippen MR) is 87.9 cm³/mol. The number of rotatable bonds is 4. The van der Waals surface area contributed by atoms with E-state index in [0.29, 0.717) is 22.8 Å². The number of fused-ring (bicyclic) bond motifs is 1. The molecule has 0 bridgehead atoms. The minimum absolute atomic E-state index is 0.0150. The number of carbonyl (C=O) groups excluding carboxylic acids is 1. The second kappa shape index (κ2) is 6.49. The van der Waals surface area contributed by atoms with E-state index in [0.717, 1.165) is 5.56 Å². The average molecular weight is 324 g/mol. The molecular weight excluding hydrogens is 308 g/mol. The number of imidazole rings is 1. The first-order chi connectivity index (χ1) is 11.6. The van der Waals surface area contributed by atoms with Crippen LogP contribution in [-0.2, 0) is 16.0 Å². The van der Waals surface area contributed by atoms with Crippen molar-refractivity contribution >= 4 is 23.1 Å². The van der Waals surface area contributed by atoms with E-state index in [-0.39, 0.29) is 12.2 Å². The lowest BCUT2D eigenvalue weighted by Crippen LogP contribution is -2.04. The predicted octanol–water partition coefficient (Wildman–Crippen LogP) is 3.48. The minimum atomic E-state index is -0.392. The molecule has 24 heavy (non-hydrogen) atoms. The van der Waals surface area contributed by atoms with Crippen LogP contribution in [0.1, 0.15) is 11.3 Å². The summed E-state index contributed by atoms with van der Waals surface area (Å²) in [7, 11) is 1.33. The normalized spacial score (nSPS) is 11.2. The average Bonchev–Trinajstić information content (AvgIpc) is 2.90. The summed E-state index contributed by atoms with van der Waals surface area (Å²) in [5.41, 5.74) is 2.82. The van der Waals surface area contributed by atoms with Crippen LogP contribution in [0.3, 0.4) is 0 Å². The largest absolute Gasteiger partial charge is 0.508 e. The number of hydrogen-bond donors (Lipinski definition) is 1. The molecule has 0 saturated heterocycles. The molecule has 2 aromatic heterocycles. The van der Waals surface area contributed by atoms with Crippen LogP contribution >= 0.6 is 0 Å². The maximum atomic E-state index is 11.6. The molecule has 0 amide bonds. The molecule has 0 fully saturated rings. The Morgan fingerprint density at radius 3 is 2.71 bits per heavy atom. The first-order valence-electron chi connectivity index (χ1n) is 7.32. The first-order valence-corrected chi connectivity index (χ1v) is 7.32. The van der Waals surface area contributed by atoms with Crippen molar-refractivity contribution in [2.45, 2.75) is 13.3 Å². The van der Waals surface area contributed by atoms with E-state index in [2.05, 4.69) is 15.2 Å². The zero-order chi connectivity index (χ0) is 17.1. The molecule has 0 saturated carbocycles. The van der Waals surface area contributed by atoms with Crippen molar-refractivity contribution in [3.8, 4) is 5.75 Å². The van der Waals surface area contributed by atoms with E-state index in [4.69, 9.17) is 4.74 Å². The maximum absolute atomic E-state index is 11.6. The number of aromatic hydroxyl groups is 1. The Morgan fingerprint density at radius 2 is 2.00 bits per heavy atom. The van der Waals surface area contributed by atoms with Crippen molar-refractivity contribution < 1.29 is 14.6 Å². The van der Waals surface area contributed by atoms with Crippen LogP contribution < -0.4 is 0 Å². The molecule has 1 N–H and O–H groups in total. The molecular formula is C17H16N4O3. The smallest absolute Gasteiger partial charge is 0.311 e. The number of esters is 1. The molecule has 122 valence electrons. The quantitative estimate of drug-likeness (QED) is 0.588. The van der Waals surface area contributed by atoms with E-state index in [1.165, 1.54) is 19.2 Å². The summed E-state index contributed by atoms with van der Waals surface area (Å²) in [4.78, 5) is 16.1. The van der Waals surface area contributed by atoms with Crippen LogP contribution in [-0.4, -0.2) is 27.6 Å².